The smallest absolute Gasteiger partial charge is 0.255 e. The molecule has 0 heterocycles. The first-order valence-corrected chi connectivity index (χ1v) is 6.45. The van der Waals surface area contributed by atoms with Gasteiger partial charge >= 0.3 is 0 Å². The zero-order chi connectivity index (χ0) is 13.0. The molecule has 0 aromatic heterocycles. The summed E-state index contributed by atoms with van der Waals surface area (Å²) >= 11 is 17.7. The predicted molar refractivity (Wildman–Crippen MR) is 73.4 cm³/mol. The van der Waals surface area contributed by atoms with Gasteiger partial charge in [-0.05, 0) is 31.5 Å². The summed E-state index contributed by atoms with van der Waals surface area (Å²) in [6.45, 7) is 2.48. The van der Waals surface area contributed by atoms with Gasteiger partial charge < -0.3 is 4.90 Å². The fourth-order valence-corrected chi connectivity index (χ4v) is 1.81. The number of amides is 1. The van der Waals surface area contributed by atoms with Crippen LogP contribution >= 0.6 is 34.8 Å². The second kappa shape index (κ2) is 6.48. The maximum absolute atomic E-state index is 12.1. The third-order valence-corrected chi connectivity index (χ3v) is 3.15. The molecule has 1 aromatic rings. The Kier molecular flexibility index (Phi) is 5.57. The number of halogens is 3. The van der Waals surface area contributed by atoms with Gasteiger partial charge in [-0.3, -0.25) is 4.79 Å². The highest BCUT2D eigenvalue weighted by atomic mass is 35.5. The highest BCUT2D eigenvalue weighted by Crippen LogP contribution is 2.22. The topological polar surface area (TPSA) is 20.3 Å². The van der Waals surface area contributed by atoms with Crippen LogP contribution in [-0.4, -0.2) is 29.8 Å². The third kappa shape index (κ3) is 4.38. The quantitative estimate of drug-likeness (QED) is 0.766. The van der Waals surface area contributed by atoms with Crippen molar-refractivity contribution in [3.05, 3.63) is 33.8 Å². The molecule has 1 aromatic carbocycles. The van der Waals surface area contributed by atoms with Gasteiger partial charge in [-0.15, -0.1) is 11.6 Å². The van der Waals surface area contributed by atoms with Crippen LogP contribution in [-0.2, 0) is 0 Å². The molecule has 17 heavy (non-hydrogen) atoms. The minimum Gasteiger partial charge on any atom is -0.342 e. The van der Waals surface area contributed by atoms with Gasteiger partial charge in [0.05, 0.1) is 10.6 Å². The maximum atomic E-state index is 12.1. The van der Waals surface area contributed by atoms with Gasteiger partial charge in [0.2, 0.25) is 0 Å². The molecular formula is C12H14Cl3NO. The van der Waals surface area contributed by atoms with Crippen LogP contribution in [0.1, 0.15) is 23.7 Å². The molecule has 0 saturated carbocycles. The molecule has 0 saturated heterocycles. The molecule has 0 spiro atoms. The highest BCUT2D eigenvalue weighted by molar-refractivity contribution is 6.35. The minimum absolute atomic E-state index is 0.0417. The molecule has 5 heteroatoms. The third-order valence-electron chi connectivity index (χ3n) is 2.37. The fourth-order valence-electron chi connectivity index (χ4n) is 1.34. The first kappa shape index (κ1) is 14.6. The van der Waals surface area contributed by atoms with Crippen LogP contribution in [0.25, 0.3) is 0 Å². The zero-order valence-electron chi connectivity index (χ0n) is 9.71. The number of nitrogens with zero attached hydrogens (tertiary/aromatic N) is 1. The van der Waals surface area contributed by atoms with Crippen molar-refractivity contribution in [2.24, 2.45) is 0 Å². The molecule has 0 N–H and O–H groups in total. The van der Waals surface area contributed by atoms with Gasteiger partial charge in [0.1, 0.15) is 0 Å². The average Bonchev–Trinajstić information content (AvgIpc) is 2.28. The van der Waals surface area contributed by atoms with Crippen molar-refractivity contribution in [1.29, 1.82) is 0 Å². The van der Waals surface area contributed by atoms with Gasteiger partial charge in [-0.25, -0.2) is 0 Å². The molecule has 0 fully saturated rings. The number of rotatable bonds is 4. The van der Waals surface area contributed by atoms with E-state index >= 15 is 0 Å². The summed E-state index contributed by atoms with van der Waals surface area (Å²) in [6.07, 6.45) is 0.738. The average molecular weight is 295 g/mol. The summed E-state index contributed by atoms with van der Waals surface area (Å²) in [5, 5.41) is 0.946. The number of carbonyl (C=O) groups is 1. The maximum Gasteiger partial charge on any atom is 0.255 e. The van der Waals surface area contributed by atoms with Gasteiger partial charge in [0, 0.05) is 24.0 Å². The van der Waals surface area contributed by atoms with Crippen molar-refractivity contribution in [3.8, 4) is 0 Å². The second-order valence-corrected chi connectivity index (χ2v) is 5.51. The van der Waals surface area contributed by atoms with Crippen LogP contribution in [0, 0.1) is 0 Å². The van der Waals surface area contributed by atoms with E-state index in [9.17, 15) is 4.79 Å². The number of hydrogen-bond donors (Lipinski definition) is 0. The lowest BCUT2D eigenvalue weighted by Crippen LogP contribution is -2.29. The summed E-state index contributed by atoms with van der Waals surface area (Å²) in [5.41, 5.74) is 0.420. The Balaban J connectivity index is 2.78. The first-order valence-electron chi connectivity index (χ1n) is 5.26. The van der Waals surface area contributed by atoms with Gasteiger partial charge in [-0.2, -0.15) is 0 Å². The van der Waals surface area contributed by atoms with Gasteiger partial charge in [0.15, 0.2) is 0 Å². The molecule has 1 rings (SSSR count). The molecule has 94 valence electrons. The Labute approximate surface area is 116 Å². The van der Waals surface area contributed by atoms with E-state index < -0.39 is 0 Å². The van der Waals surface area contributed by atoms with Crippen LogP contribution in [0.2, 0.25) is 10.0 Å². The van der Waals surface area contributed by atoms with E-state index in [1.54, 1.807) is 30.1 Å². The molecular weight excluding hydrogens is 280 g/mol. The molecule has 0 radical (unpaired) electrons. The number of hydrogen-bond acceptors (Lipinski definition) is 1. The molecule has 0 aliphatic rings. The molecule has 1 amide bonds. The summed E-state index contributed by atoms with van der Waals surface area (Å²) in [7, 11) is 1.72. The van der Waals surface area contributed by atoms with Crippen molar-refractivity contribution in [2.45, 2.75) is 18.7 Å². The zero-order valence-corrected chi connectivity index (χ0v) is 12.0. The van der Waals surface area contributed by atoms with Gasteiger partial charge in [-0.1, -0.05) is 23.2 Å². The number of benzene rings is 1. The number of alkyl halides is 1. The summed E-state index contributed by atoms with van der Waals surface area (Å²) < 4.78 is 0. The highest BCUT2D eigenvalue weighted by Gasteiger charge is 2.15. The molecule has 1 unspecified atom stereocenters. The Hall–Kier alpha value is -0.440. The predicted octanol–water partition coefficient (Wildman–Crippen LogP) is 4.08. The normalized spacial score (nSPS) is 12.3. The standard InChI is InChI=1S/C12H14Cl3NO/c1-8(13)5-6-16(2)12(17)10-7-9(14)3-4-11(10)15/h3-4,7-8H,5-6H2,1-2H3. The number of carbonyl (C=O) groups excluding carboxylic acids is 1. The van der Waals surface area contributed by atoms with Crippen molar-refractivity contribution < 1.29 is 4.79 Å². The Morgan fingerprint density at radius 2 is 2.06 bits per heavy atom. The van der Waals surface area contributed by atoms with Crippen LogP contribution in [0.15, 0.2) is 18.2 Å². The monoisotopic (exact) mass is 293 g/mol. The van der Waals surface area contributed by atoms with E-state index in [1.165, 1.54) is 0 Å². The Morgan fingerprint density at radius 3 is 2.65 bits per heavy atom. The molecule has 1 atom stereocenters. The fraction of sp³-hybridized carbons (Fsp3) is 0.417. The van der Waals surface area contributed by atoms with Crippen LogP contribution < -0.4 is 0 Å². The molecule has 0 aliphatic heterocycles. The largest absolute Gasteiger partial charge is 0.342 e. The summed E-state index contributed by atoms with van der Waals surface area (Å²) in [6, 6.07) is 4.85. The van der Waals surface area contributed by atoms with Crippen molar-refractivity contribution >= 4 is 40.7 Å². The van der Waals surface area contributed by atoms with E-state index in [1.807, 2.05) is 6.92 Å². The first-order chi connectivity index (χ1) is 7.91. The lowest BCUT2D eigenvalue weighted by molar-refractivity contribution is 0.0794. The minimum atomic E-state index is -0.144. The molecule has 2 nitrogen and oxygen atoms in total. The van der Waals surface area contributed by atoms with E-state index in [4.69, 9.17) is 34.8 Å². The molecule has 0 bridgehead atoms. The summed E-state index contributed by atoms with van der Waals surface area (Å²) in [5.74, 6) is -0.144. The van der Waals surface area contributed by atoms with E-state index in [0.717, 1.165) is 6.42 Å². The van der Waals surface area contributed by atoms with Crippen LogP contribution in [0.5, 0.6) is 0 Å². The lowest BCUT2D eigenvalue weighted by Gasteiger charge is -2.18. The van der Waals surface area contributed by atoms with Crippen molar-refractivity contribution in [2.75, 3.05) is 13.6 Å². The van der Waals surface area contributed by atoms with Crippen molar-refractivity contribution in [3.63, 3.8) is 0 Å². The molecule has 0 aliphatic carbocycles. The van der Waals surface area contributed by atoms with Crippen LogP contribution in [0.4, 0.5) is 0 Å². The van der Waals surface area contributed by atoms with E-state index in [-0.39, 0.29) is 11.3 Å². The van der Waals surface area contributed by atoms with Crippen LogP contribution in [0.3, 0.4) is 0 Å². The van der Waals surface area contributed by atoms with E-state index in [2.05, 4.69) is 0 Å². The Morgan fingerprint density at radius 1 is 1.41 bits per heavy atom. The van der Waals surface area contributed by atoms with Crippen molar-refractivity contribution in [1.82, 2.24) is 4.90 Å². The Bertz CT molecular complexity index is 407. The van der Waals surface area contributed by atoms with Gasteiger partial charge in [0.25, 0.3) is 5.91 Å². The SMILES string of the molecule is CC(Cl)CCN(C)C(=O)c1cc(Cl)ccc1Cl. The van der Waals surface area contributed by atoms with E-state index in [0.29, 0.717) is 22.2 Å². The second-order valence-electron chi connectivity index (χ2n) is 3.92. The summed E-state index contributed by atoms with van der Waals surface area (Å²) in [4.78, 5) is 13.7. The lowest BCUT2D eigenvalue weighted by atomic mass is 10.2.